The third kappa shape index (κ3) is 3.92. The average molecular weight is 200 g/mol. The molecule has 1 rings (SSSR count). The van der Waals surface area contributed by atoms with Gasteiger partial charge in [0.25, 0.3) is 0 Å². The summed E-state index contributed by atoms with van der Waals surface area (Å²) in [6, 6.07) is 0.344. The molecule has 0 aromatic rings. The van der Waals surface area contributed by atoms with Crippen LogP contribution >= 0.6 is 0 Å². The second kappa shape index (κ2) is 6.35. The third-order valence-corrected chi connectivity index (χ3v) is 2.93. The molecule has 1 fully saturated rings. The van der Waals surface area contributed by atoms with Crippen LogP contribution < -0.4 is 11.5 Å². The van der Waals surface area contributed by atoms with Crippen LogP contribution in [0.3, 0.4) is 0 Å². The molecule has 0 radical (unpaired) electrons. The van der Waals surface area contributed by atoms with Gasteiger partial charge < -0.3 is 11.5 Å². The van der Waals surface area contributed by atoms with Gasteiger partial charge in [0, 0.05) is 51.9 Å². The van der Waals surface area contributed by atoms with Gasteiger partial charge in [0.2, 0.25) is 0 Å². The highest BCUT2D eigenvalue weighted by Gasteiger charge is 2.17. The second-order valence-electron chi connectivity index (χ2n) is 4.10. The van der Waals surface area contributed by atoms with Crippen molar-refractivity contribution in [2.75, 3.05) is 45.8 Å². The molecule has 84 valence electrons. The molecule has 0 amide bonds. The molecule has 0 aromatic carbocycles. The van der Waals surface area contributed by atoms with Crippen molar-refractivity contribution in [2.24, 2.45) is 11.5 Å². The van der Waals surface area contributed by atoms with Crippen LogP contribution in [-0.2, 0) is 0 Å². The van der Waals surface area contributed by atoms with Gasteiger partial charge in [-0.25, -0.2) is 0 Å². The summed E-state index contributed by atoms with van der Waals surface area (Å²) in [6.07, 6.45) is 1.07. The van der Waals surface area contributed by atoms with Gasteiger partial charge >= 0.3 is 0 Å². The van der Waals surface area contributed by atoms with E-state index in [-0.39, 0.29) is 0 Å². The van der Waals surface area contributed by atoms with Crippen LogP contribution in [0.1, 0.15) is 13.3 Å². The van der Waals surface area contributed by atoms with Crippen molar-refractivity contribution in [1.29, 1.82) is 0 Å². The largest absolute Gasteiger partial charge is 0.329 e. The molecule has 1 aliphatic rings. The Labute approximate surface area is 87.2 Å². The predicted molar refractivity (Wildman–Crippen MR) is 60.2 cm³/mol. The lowest BCUT2D eigenvalue weighted by molar-refractivity contribution is 0.129. The Morgan fingerprint density at radius 2 is 1.71 bits per heavy atom. The molecular formula is C10H24N4. The minimum atomic E-state index is 0.344. The van der Waals surface area contributed by atoms with Crippen LogP contribution in [0, 0.1) is 0 Å². The highest BCUT2D eigenvalue weighted by atomic mass is 15.3. The summed E-state index contributed by atoms with van der Waals surface area (Å²) in [6.45, 7) is 9.59. The summed E-state index contributed by atoms with van der Waals surface area (Å²) < 4.78 is 0. The maximum Gasteiger partial charge on any atom is 0.0165 e. The summed E-state index contributed by atoms with van der Waals surface area (Å²) >= 11 is 0. The van der Waals surface area contributed by atoms with Crippen molar-refractivity contribution in [3.05, 3.63) is 0 Å². The van der Waals surface area contributed by atoms with E-state index in [0.717, 1.165) is 52.2 Å². The van der Waals surface area contributed by atoms with Crippen molar-refractivity contribution >= 4 is 0 Å². The van der Waals surface area contributed by atoms with Crippen molar-refractivity contribution in [1.82, 2.24) is 9.80 Å². The molecule has 0 saturated carbocycles. The zero-order valence-electron chi connectivity index (χ0n) is 9.28. The molecule has 0 bridgehead atoms. The van der Waals surface area contributed by atoms with Crippen molar-refractivity contribution in [2.45, 2.75) is 19.4 Å². The highest BCUT2D eigenvalue weighted by molar-refractivity contribution is 4.75. The minimum absolute atomic E-state index is 0.344. The van der Waals surface area contributed by atoms with Crippen molar-refractivity contribution in [3.8, 4) is 0 Å². The molecule has 0 unspecified atom stereocenters. The number of piperazine rings is 1. The van der Waals surface area contributed by atoms with Crippen LogP contribution in [-0.4, -0.2) is 61.7 Å². The van der Waals surface area contributed by atoms with Crippen LogP contribution in [0.15, 0.2) is 0 Å². The third-order valence-electron chi connectivity index (χ3n) is 2.93. The van der Waals surface area contributed by atoms with Gasteiger partial charge in [-0.05, 0) is 6.42 Å². The Morgan fingerprint density at radius 1 is 1.14 bits per heavy atom. The van der Waals surface area contributed by atoms with E-state index in [4.69, 9.17) is 11.5 Å². The quantitative estimate of drug-likeness (QED) is 0.616. The number of nitrogens with zero attached hydrogens (tertiary/aromatic N) is 2. The van der Waals surface area contributed by atoms with Gasteiger partial charge in [-0.2, -0.15) is 0 Å². The zero-order chi connectivity index (χ0) is 10.4. The summed E-state index contributed by atoms with van der Waals surface area (Å²) in [5.74, 6) is 0. The fourth-order valence-electron chi connectivity index (χ4n) is 1.84. The summed E-state index contributed by atoms with van der Waals surface area (Å²) in [5, 5.41) is 0. The van der Waals surface area contributed by atoms with Gasteiger partial charge in [-0.15, -0.1) is 0 Å². The van der Waals surface area contributed by atoms with Crippen LogP contribution in [0.2, 0.25) is 0 Å². The summed E-state index contributed by atoms with van der Waals surface area (Å²) in [5.41, 5.74) is 11.4. The monoisotopic (exact) mass is 200 g/mol. The standard InChI is InChI=1S/C10H24N4/c1-2-10(12)9-14-7-5-13(4-3-11)6-8-14/h10H,2-9,11-12H2,1H3/t10-/m0/s1. The lowest BCUT2D eigenvalue weighted by Gasteiger charge is -2.35. The zero-order valence-corrected chi connectivity index (χ0v) is 9.28. The molecule has 0 spiro atoms. The first-order chi connectivity index (χ1) is 6.76. The summed E-state index contributed by atoms with van der Waals surface area (Å²) in [7, 11) is 0. The van der Waals surface area contributed by atoms with Crippen LogP contribution in [0.4, 0.5) is 0 Å². The number of hydrogen-bond acceptors (Lipinski definition) is 4. The lowest BCUT2D eigenvalue weighted by atomic mass is 10.2. The first-order valence-electron chi connectivity index (χ1n) is 5.66. The van der Waals surface area contributed by atoms with E-state index in [1.54, 1.807) is 0 Å². The predicted octanol–water partition coefficient (Wildman–Crippen LogP) is -0.700. The Kier molecular flexibility index (Phi) is 5.40. The van der Waals surface area contributed by atoms with Crippen molar-refractivity contribution in [3.63, 3.8) is 0 Å². The number of hydrogen-bond donors (Lipinski definition) is 2. The molecule has 1 saturated heterocycles. The van der Waals surface area contributed by atoms with Gasteiger partial charge in [-0.3, -0.25) is 9.80 Å². The second-order valence-corrected chi connectivity index (χ2v) is 4.10. The first-order valence-corrected chi connectivity index (χ1v) is 5.66. The van der Waals surface area contributed by atoms with Gasteiger partial charge in [0.15, 0.2) is 0 Å². The first kappa shape index (κ1) is 11.9. The van der Waals surface area contributed by atoms with E-state index >= 15 is 0 Å². The Morgan fingerprint density at radius 3 is 2.21 bits per heavy atom. The van der Waals surface area contributed by atoms with E-state index < -0.39 is 0 Å². The lowest BCUT2D eigenvalue weighted by Crippen LogP contribution is -2.50. The molecule has 0 aliphatic carbocycles. The smallest absolute Gasteiger partial charge is 0.0165 e. The molecule has 4 heteroatoms. The maximum absolute atomic E-state index is 5.92. The average Bonchev–Trinajstić information content (AvgIpc) is 2.21. The van der Waals surface area contributed by atoms with E-state index in [2.05, 4.69) is 16.7 Å². The minimum Gasteiger partial charge on any atom is -0.329 e. The van der Waals surface area contributed by atoms with Gasteiger partial charge in [-0.1, -0.05) is 6.92 Å². The van der Waals surface area contributed by atoms with E-state index in [0.29, 0.717) is 6.04 Å². The van der Waals surface area contributed by atoms with E-state index in [9.17, 15) is 0 Å². The number of rotatable bonds is 5. The molecule has 4 N–H and O–H groups in total. The topological polar surface area (TPSA) is 58.5 Å². The molecule has 14 heavy (non-hydrogen) atoms. The van der Waals surface area contributed by atoms with E-state index in [1.165, 1.54) is 0 Å². The van der Waals surface area contributed by atoms with E-state index in [1.807, 2.05) is 0 Å². The maximum atomic E-state index is 5.92. The fraction of sp³-hybridized carbons (Fsp3) is 1.00. The molecule has 1 heterocycles. The Hall–Kier alpha value is -0.160. The SMILES string of the molecule is CC[C@H](N)CN1CCN(CCN)CC1. The van der Waals surface area contributed by atoms with Crippen molar-refractivity contribution < 1.29 is 0 Å². The summed E-state index contributed by atoms with van der Waals surface area (Å²) in [4.78, 5) is 4.88. The Balaban J connectivity index is 2.15. The molecule has 0 aromatic heterocycles. The molecular weight excluding hydrogens is 176 g/mol. The van der Waals surface area contributed by atoms with Gasteiger partial charge in [0.1, 0.15) is 0 Å². The molecule has 1 aliphatic heterocycles. The number of nitrogens with two attached hydrogens (primary N) is 2. The van der Waals surface area contributed by atoms with Crippen LogP contribution in [0.5, 0.6) is 0 Å². The van der Waals surface area contributed by atoms with Gasteiger partial charge in [0.05, 0.1) is 0 Å². The Bertz CT molecular complexity index is 143. The fourth-order valence-corrected chi connectivity index (χ4v) is 1.84. The highest BCUT2D eigenvalue weighted by Crippen LogP contribution is 2.02. The van der Waals surface area contributed by atoms with Crippen LogP contribution in [0.25, 0.3) is 0 Å². The molecule has 4 nitrogen and oxygen atoms in total. The molecule has 1 atom stereocenters. The normalized spacial score (nSPS) is 22.5.